The Bertz CT molecular complexity index is 758. The Kier molecular flexibility index (Phi) is 3.58. The van der Waals surface area contributed by atoms with E-state index >= 15 is 0 Å². The number of aromatic carboxylic acids is 1. The predicted octanol–water partition coefficient (Wildman–Crippen LogP) is 4.93. The van der Waals surface area contributed by atoms with E-state index in [-0.39, 0.29) is 5.92 Å². The minimum Gasteiger partial charge on any atom is -0.478 e. The number of aromatic nitrogens is 1. The summed E-state index contributed by atoms with van der Waals surface area (Å²) in [5.41, 5.74) is 2.53. The first-order valence-electron chi connectivity index (χ1n) is 6.93. The lowest BCUT2D eigenvalue weighted by molar-refractivity contribution is 0.0697. The van der Waals surface area contributed by atoms with Crippen LogP contribution in [-0.4, -0.2) is 16.1 Å². The molecule has 2 atom stereocenters. The Balaban J connectivity index is 2.45. The van der Waals surface area contributed by atoms with Gasteiger partial charge in [-0.1, -0.05) is 37.0 Å². The van der Waals surface area contributed by atoms with Crippen LogP contribution in [-0.2, 0) is 6.42 Å². The highest BCUT2D eigenvalue weighted by Gasteiger charge is 2.29. The zero-order valence-corrected chi connectivity index (χ0v) is 13.3. The minimum atomic E-state index is -0.946. The van der Waals surface area contributed by atoms with Gasteiger partial charge < -0.3 is 5.11 Å². The van der Waals surface area contributed by atoms with Crippen LogP contribution in [0, 0.1) is 5.92 Å². The van der Waals surface area contributed by atoms with E-state index in [1.54, 1.807) is 12.1 Å². The highest BCUT2D eigenvalue weighted by molar-refractivity contribution is 6.38. The molecule has 0 radical (unpaired) electrons. The lowest BCUT2D eigenvalue weighted by Gasteiger charge is -2.28. The van der Waals surface area contributed by atoms with Crippen LogP contribution in [0.4, 0.5) is 0 Å². The number of pyridine rings is 1. The molecule has 3 nitrogen and oxygen atoms in total. The molecule has 1 aliphatic carbocycles. The smallest absolute Gasteiger partial charge is 0.336 e. The van der Waals surface area contributed by atoms with Crippen molar-refractivity contribution >= 4 is 40.1 Å². The van der Waals surface area contributed by atoms with Crippen LogP contribution in [0.1, 0.15) is 47.8 Å². The van der Waals surface area contributed by atoms with E-state index < -0.39 is 5.97 Å². The van der Waals surface area contributed by atoms with Crippen LogP contribution in [0.5, 0.6) is 0 Å². The molecule has 2 aromatic rings. The molecule has 110 valence electrons. The van der Waals surface area contributed by atoms with Gasteiger partial charge in [-0.15, -0.1) is 0 Å². The van der Waals surface area contributed by atoms with Gasteiger partial charge in [0.15, 0.2) is 0 Å². The van der Waals surface area contributed by atoms with Crippen molar-refractivity contribution < 1.29 is 9.90 Å². The van der Waals surface area contributed by atoms with E-state index in [0.29, 0.717) is 32.4 Å². The molecule has 0 amide bonds. The standard InChI is InChI=1S/C16H15Cl2NO2/c1-7-3-8(2)14-10(4-7)13(16(20)21)11-5-9(17)6-12(18)15(11)19-14/h5-8H,3-4H2,1-2H3,(H,20,21). The zero-order chi connectivity index (χ0) is 15.3. The maximum absolute atomic E-state index is 11.8. The summed E-state index contributed by atoms with van der Waals surface area (Å²) >= 11 is 12.3. The van der Waals surface area contributed by atoms with Crippen LogP contribution in [0.15, 0.2) is 12.1 Å². The largest absolute Gasteiger partial charge is 0.478 e. The van der Waals surface area contributed by atoms with Crippen molar-refractivity contribution in [1.82, 2.24) is 4.98 Å². The molecule has 2 unspecified atom stereocenters. The number of benzene rings is 1. The number of hydrogen-bond acceptors (Lipinski definition) is 2. The molecule has 0 saturated carbocycles. The fraction of sp³-hybridized carbons (Fsp3) is 0.375. The van der Waals surface area contributed by atoms with Crippen molar-refractivity contribution in [1.29, 1.82) is 0 Å². The van der Waals surface area contributed by atoms with E-state index in [4.69, 9.17) is 23.2 Å². The summed E-state index contributed by atoms with van der Waals surface area (Å²) in [6.07, 6.45) is 1.74. The Hall–Kier alpha value is -1.32. The van der Waals surface area contributed by atoms with Gasteiger partial charge in [0, 0.05) is 16.1 Å². The molecule has 3 rings (SSSR count). The lowest BCUT2D eigenvalue weighted by atomic mass is 9.79. The third kappa shape index (κ3) is 2.39. The molecule has 0 aliphatic heterocycles. The number of halogens is 2. The van der Waals surface area contributed by atoms with Gasteiger partial charge in [0.2, 0.25) is 0 Å². The quantitative estimate of drug-likeness (QED) is 0.809. The van der Waals surface area contributed by atoms with Gasteiger partial charge in [-0.05, 0) is 42.4 Å². The number of carboxylic acids is 1. The van der Waals surface area contributed by atoms with Crippen LogP contribution in [0.3, 0.4) is 0 Å². The summed E-state index contributed by atoms with van der Waals surface area (Å²) in [5, 5.41) is 11.0. The molecule has 0 bridgehead atoms. The maximum atomic E-state index is 11.8. The Labute approximate surface area is 132 Å². The van der Waals surface area contributed by atoms with Gasteiger partial charge in [0.1, 0.15) is 0 Å². The van der Waals surface area contributed by atoms with Crippen molar-refractivity contribution in [3.63, 3.8) is 0 Å². The van der Waals surface area contributed by atoms with Gasteiger partial charge in [-0.2, -0.15) is 0 Å². The summed E-state index contributed by atoms with van der Waals surface area (Å²) in [7, 11) is 0. The number of fused-ring (bicyclic) bond motifs is 2. The number of carbonyl (C=O) groups is 1. The molecule has 1 N–H and O–H groups in total. The van der Waals surface area contributed by atoms with E-state index in [0.717, 1.165) is 24.1 Å². The van der Waals surface area contributed by atoms with E-state index in [1.165, 1.54) is 0 Å². The van der Waals surface area contributed by atoms with E-state index in [1.807, 2.05) is 0 Å². The van der Waals surface area contributed by atoms with Crippen molar-refractivity contribution in [2.45, 2.75) is 32.6 Å². The van der Waals surface area contributed by atoms with Crippen molar-refractivity contribution in [3.8, 4) is 0 Å². The fourth-order valence-corrected chi connectivity index (χ4v) is 3.89. The molecule has 1 aromatic heterocycles. The third-order valence-electron chi connectivity index (χ3n) is 4.13. The Morgan fingerprint density at radius 2 is 2.05 bits per heavy atom. The molecular formula is C16H15Cl2NO2. The first-order valence-corrected chi connectivity index (χ1v) is 7.69. The highest BCUT2D eigenvalue weighted by Crippen LogP contribution is 2.39. The number of hydrogen-bond donors (Lipinski definition) is 1. The Morgan fingerprint density at radius 1 is 1.33 bits per heavy atom. The molecule has 1 aromatic carbocycles. The third-order valence-corrected chi connectivity index (χ3v) is 4.64. The van der Waals surface area contributed by atoms with Crippen LogP contribution < -0.4 is 0 Å². The number of nitrogens with zero attached hydrogens (tertiary/aromatic N) is 1. The molecule has 0 fully saturated rings. The second-order valence-electron chi connectivity index (χ2n) is 5.89. The first-order chi connectivity index (χ1) is 9.88. The second-order valence-corrected chi connectivity index (χ2v) is 6.73. The van der Waals surface area contributed by atoms with Crippen molar-refractivity contribution in [2.24, 2.45) is 5.92 Å². The molecule has 5 heteroatoms. The second kappa shape index (κ2) is 5.15. The van der Waals surface area contributed by atoms with Gasteiger partial charge in [-0.3, -0.25) is 4.98 Å². The van der Waals surface area contributed by atoms with Crippen molar-refractivity contribution in [3.05, 3.63) is 39.0 Å². The molecule has 1 aliphatic rings. The van der Waals surface area contributed by atoms with Crippen molar-refractivity contribution in [2.75, 3.05) is 0 Å². The van der Waals surface area contributed by atoms with E-state index in [2.05, 4.69) is 18.8 Å². The monoisotopic (exact) mass is 323 g/mol. The molecular weight excluding hydrogens is 309 g/mol. The van der Waals surface area contributed by atoms with Gasteiger partial charge >= 0.3 is 5.97 Å². The molecule has 0 saturated heterocycles. The first kappa shape index (κ1) is 14.6. The fourth-order valence-electron chi connectivity index (χ4n) is 3.35. The van der Waals surface area contributed by atoms with Gasteiger partial charge in [-0.25, -0.2) is 4.79 Å². The topological polar surface area (TPSA) is 50.2 Å². The van der Waals surface area contributed by atoms with Crippen LogP contribution >= 0.6 is 23.2 Å². The van der Waals surface area contributed by atoms with E-state index in [9.17, 15) is 9.90 Å². The van der Waals surface area contributed by atoms with Crippen LogP contribution in [0.2, 0.25) is 10.0 Å². The summed E-state index contributed by atoms with van der Waals surface area (Å²) in [6, 6.07) is 3.25. The summed E-state index contributed by atoms with van der Waals surface area (Å²) < 4.78 is 0. The highest BCUT2D eigenvalue weighted by atomic mass is 35.5. The number of rotatable bonds is 1. The average Bonchev–Trinajstić information content (AvgIpc) is 2.35. The SMILES string of the molecule is CC1Cc2c(nc3c(Cl)cc(Cl)cc3c2C(=O)O)C(C)C1. The van der Waals surface area contributed by atoms with Gasteiger partial charge in [0.05, 0.1) is 16.1 Å². The lowest BCUT2D eigenvalue weighted by Crippen LogP contribution is -2.20. The zero-order valence-electron chi connectivity index (χ0n) is 11.8. The Morgan fingerprint density at radius 3 is 2.71 bits per heavy atom. The minimum absolute atomic E-state index is 0.234. The maximum Gasteiger partial charge on any atom is 0.336 e. The molecule has 0 spiro atoms. The van der Waals surface area contributed by atoms with Gasteiger partial charge in [0.25, 0.3) is 0 Å². The number of carboxylic acid groups (broad SMARTS) is 1. The summed E-state index contributed by atoms with van der Waals surface area (Å²) in [4.78, 5) is 16.5. The van der Waals surface area contributed by atoms with Crippen LogP contribution in [0.25, 0.3) is 10.9 Å². The normalized spacial score (nSPS) is 21.3. The molecule has 1 heterocycles. The summed E-state index contributed by atoms with van der Waals surface area (Å²) in [6.45, 7) is 4.23. The average molecular weight is 324 g/mol. The summed E-state index contributed by atoms with van der Waals surface area (Å²) in [5.74, 6) is -0.268. The molecule has 21 heavy (non-hydrogen) atoms. The predicted molar refractivity (Wildman–Crippen MR) is 84.6 cm³/mol.